The van der Waals surface area contributed by atoms with Crippen molar-refractivity contribution >= 4 is 33.3 Å². The van der Waals surface area contributed by atoms with Crippen LogP contribution in [0.15, 0.2) is 29.1 Å². The van der Waals surface area contributed by atoms with Crippen LogP contribution in [0.25, 0.3) is 20.8 Å². The molecule has 0 radical (unpaired) electrons. The van der Waals surface area contributed by atoms with Gasteiger partial charge in [0, 0.05) is 19.1 Å². The summed E-state index contributed by atoms with van der Waals surface area (Å²) in [5, 5.41) is 7.17. The Hall–Kier alpha value is -2.70. The van der Waals surface area contributed by atoms with Gasteiger partial charge >= 0.3 is 6.18 Å². The fourth-order valence-electron chi connectivity index (χ4n) is 4.10. The largest absolute Gasteiger partial charge is 0.416 e. The number of morpholine rings is 1. The second-order valence-electron chi connectivity index (χ2n) is 8.13. The number of alkyl halides is 3. The van der Waals surface area contributed by atoms with Crippen LogP contribution >= 0.6 is 11.3 Å². The van der Waals surface area contributed by atoms with Crippen molar-refractivity contribution < 1.29 is 17.9 Å². The van der Waals surface area contributed by atoms with Gasteiger partial charge in [-0.05, 0) is 31.5 Å². The van der Waals surface area contributed by atoms with E-state index in [9.17, 15) is 18.0 Å². The molecule has 0 saturated carbocycles. The zero-order valence-electron chi connectivity index (χ0n) is 17.6. The molecule has 176 valence electrons. The molecule has 2 aliphatic heterocycles. The summed E-state index contributed by atoms with van der Waals surface area (Å²) in [5.41, 5.74) is 0.624. The number of fused-ring (bicyclic) bond motifs is 1. The lowest BCUT2D eigenvalue weighted by atomic mass is 10.1. The van der Waals surface area contributed by atoms with E-state index >= 15 is 0 Å². The monoisotopic (exact) mass is 480 g/mol. The zero-order chi connectivity index (χ0) is 23.0. The smallest absolute Gasteiger partial charge is 0.365 e. The number of nitrogens with zero attached hydrogens (tertiary/aromatic N) is 3. The van der Waals surface area contributed by atoms with Gasteiger partial charge < -0.3 is 20.3 Å². The molecule has 0 aliphatic carbocycles. The van der Waals surface area contributed by atoms with Crippen LogP contribution in [0.3, 0.4) is 0 Å². The lowest BCUT2D eigenvalue weighted by molar-refractivity contribution is -0.221. The van der Waals surface area contributed by atoms with Crippen molar-refractivity contribution in [2.45, 2.75) is 31.2 Å². The Balaban J connectivity index is 1.54. The van der Waals surface area contributed by atoms with E-state index in [4.69, 9.17) is 4.74 Å². The van der Waals surface area contributed by atoms with Gasteiger partial charge in [0.1, 0.15) is 16.4 Å². The predicted octanol–water partition coefficient (Wildman–Crippen LogP) is 2.98. The van der Waals surface area contributed by atoms with Crippen molar-refractivity contribution in [3.8, 4) is 10.6 Å². The molecule has 2 aliphatic rings. The van der Waals surface area contributed by atoms with E-state index < -0.39 is 24.4 Å². The Kier molecular flexibility index (Phi) is 5.97. The maximum absolute atomic E-state index is 13.2. The molecule has 5 rings (SSSR count). The van der Waals surface area contributed by atoms with Crippen LogP contribution in [-0.2, 0) is 4.74 Å². The average molecular weight is 481 g/mol. The first-order valence-electron chi connectivity index (χ1n) is 10.8. The number of aromatic nitrogens is 3. The lowest BCUT2D eigenvalue weighted by Gasteiger charge is -2.34. The fraction of sp³-hybridized carbons (Fsp3) is 0.476. The number of halogens is 3. The molecule has 0 bridgehead atoms. The summed E-state index contributed by atoms with van der Waals surface area (Å²) >= 11 is 1.38. The van der Waals surface area contributed by atoms with Gasteiger partial charge in [0.2, 0.25) is 5.95 Å². The SMILES string of the molecule is O=c1[nH]c(N2CCOC(C(F)(F)F)C2)nc(N[C@@H]2CCCNC2)c1-c1nc2ccccc2s1. The summed E-state index contributed by atoms with van der Waals surface area (Å²) in [6, 6.07) is 7.61. The number of rotatable bonds is 4. The van der Waals surface area contributed by atoms with E-state index in [2.05, 4.69) is 25.6 Å². The Morgan fingerprint density at radius 2 is 2.09 bits per heavy atom. The molecule has 3 aromatic rings. The van der Waals surface area contributed by atoms with E-state index in [0.717, 1.165) is 29.6 Å². The second kappa shape index (κ2) is 8.92. The fourth-order valence-corrected chi connectivity index (χ4v) is 5.11. The van der Waals surface area contributed by atoms with Crippen LogP contribution in [-0.4, -0.2) is 66.1 Å². The Morgan fingerprint density at radius 3 is 2.85 bits per heavy atom. The van der Waals surface area contributed by atoms with Gasteiger partial charge in [0.05, 0.1) is 23.4 Å². The first-order valence-corrected chi connectivity index (χ1v) is 11.6. The topological polar surface area (TPSA) is 95.2 Å². The van der Waals surface area contributed by atoms with Gasteiger partial charge in [-0.3, -0.25) is 9.78 Å². The third-order valence-corrected chi connectivity index (χ3v) is 6.84. The van der Waals surface area contributed by atoms with Crippen molar-refractivity contribution in [1.82, 2.24) is 20.3 Å². The van der Waals surface area contributed by atoms with Crippen LogP contribution < -0.4 is 21.1 Å². The van der Waals surface area contributed by atoms with E-state index in [1.165, 1.54) is 16.2 Å². The number of H-pyrrole nitrogens is 1. The molecular weight excluding hydrogens is 457 g/mol. The number of piperidine rings is 1. The molecular formula is C21H23F3N6O2S. The van der Waals surface area contributed by atoms with Crippen LogP contribution in [0.5, 0.6) is 0 Å². The number of anilines is 2. The minimum Gasteiger partial charge on any atom is -0.365 e. The summed E-state index contributed by atoms with van der Waals surface area (Å²) in [6.45, 7) is 1.28. The van der Waals surface area contributed by atoms with Crippen molar-refractivity contribution in [1.29, 1.82) is 0 Å². The van der Waals surface area contributed by atoms with Crippen molar-refractivity contribution in [2.24, 2.45) is 0 Å². The molecule has 0 amide bonds. The summed E-state index contributed by atoms with van der Waals surface area (Å²) < 4.78 is 45.5. The molecule has 1 aromatic carbocycles. The summed E-state index contributed by atoms with van der Waals surface area (Å²) in [5.74, 6) is 0.422. The molecule has 0 spiro atoms. The highest BCUT2D eigenvalue weighted by molar-refractivity contribution is 7.21. The summed E-state index contributed by atoms with van der Waals surface area (Å²) in [6.07, 6.45) is -4.56. The van der Waals surface area contributed by atoms with Gasteiger partial charge in [-0.25, -0.2) is 4.98 Å². The third kappa shape index (κ3) is 4.68. The van der Waals surface area contributed by atoms with E-state index in [-0.39, 0.29) is 25.1 Å². The molecule has 8 nitrogen and oxygen atoms in total. The second-order valence-corrected chi connectivity index (χ2v) is 9.17. The van der Waals surface area contributed by atoms with Gasteiger partial charge in [-0.15, -0.1) is 11.3 Å². The normalized spacial score (nSPS) is 22.0. The highest BCUT2D eigenvalue weighted by Gasteiger charge is 2.44. The number of para-hydroxylation sites is 1. The number of hydrogen-bond donors (Lipinski definition) is 3. The maximum atomic E-state index is 13.2. The first-order chi connectivity index (χ1) is 15.9. The average Bonchev–Trinajstić information content (AvgIpc) is 3.22. The van der Waals surface area contributed by atoms with E-state index in [1.807, 2.05) is 24.3 Å². The highest BCUT2D eigenvalue weighted by atomic mass is 32.1. The predicted molar refractivity (Wildman–Crippen MR) is 121 cm³/mol. The van der Waals surface area contributed by atoms with Crippen molar-refractivity contribution in [2.75, 3.05) is 43.0 Å². The minimum atomic E-state index is -4.49. The van der Waals surface area contributed by atoms with Gasteiger partial charge in [-0.2, -0.15) is 18.2 Å². The quantitative estimate of drug-likeness (QED) is 0.529. The molecule has 2 fully saturated rings. The van der Waals surface area contributed by atoms with E-state index in [0.29, 0.717) is 22.9 Å². The number of hydrogen-bond acceptors (Lipinski definition) is 8. The molecule has 3 N–H and O–H groups in total. The Labute approximate surface area is 191 Å². The molecule has 12 heteroatoms. The third-order valence-electron chi connectivity index (χ3n) is 5.78. The van der Waals surface area contributed by atoms with Gasteiger partial charge in [0.25, 0.3) is 5.56 Å². The number of nitrogens with one attached hydrogen (secondary N) is 3. The molecule has 2 aromatic heterocycles. The maximum Gasteiger partial charge on any atom is 0.416 e. The number of benzene rings is 1. The van der Waals surface area contributed by atoms with Gasteiger partial charge in [0.15, 0.2) is 6.10 Å². The molecule has 33 heavy (non-hydrogen) atoms. The molecule has 2 saturated heterocycles. The van der Waals surface area contributed by atoms with Gasteiger partial charge in [-0.1, -0.05) is 12.1 Å². The molecule has 2 atom stereocenters. The Bertz CT molecular complexity index is 1160. The van der Waals surface area contributed by atoms with Crippen LogP contribution in [0.1, 0.15) is 12.8 Å². The van der Waals surface area contributed by atoms with Crippen LogP contribution in [0.4, 0.5) is 24.9 Å². The minimum absolute atomic E-state index is 0.0432. The first kappa shape index (κ1) is 22.1. The van der Waals surface area contributed by atoms with Crippen LogP contribution in [0, 0.1) is 0 Å². The number of ether oxygens (including phenoxy) is 1. The highest BCUT2D eigenvalue weighted by Crippen LogP contribution is 2.33. The van der Waals surface area contributed by atoms with Crippen LogP contribution in [0.2, 0.25) is 0 Å². The standard InChI is InChI=1S/C21H23F3N6O2S/c22-21(23,24)15-11-30(8-9-32-15)20-28-17(26-12-4-3-7-25-10-12)16(18(31)29-20)19-27-13-5-1-2-6-14(13)33-19/h1-2,5-6,12,15,25H,3-4,7-11H2,(H2,26,28,29,31)/t12-,15?/m1/s1. The summed E-state index contributed by atoms with van der Waals surface area (Å²) in [7, 11) is 0. The lowest BCUT2D eigenvalue weighted by Crippen LogP contribution is -2.50. The van der Waals surface area contributed by atoms with E-state index in [1.54, 1.807) is 0 Å². The summed E-state index contributed by atoms with van der Waals surface area (Å²) in [4.78, 5) is 26.5. The number of thiazole rings is 1. The van der Waals surface area contributed by atoms with Crippen molar-refractivity contribution in [3.63, 3.8) is 0 Å². The molecule has 1 unspecified atom stereocenters. The molecule has 4 heterocycles. The zero-order valence-corrected chi connectivity index (χ0v) is 18.4. The van der Waals surface area contributed by atoms with Crippen molar-refractivity contribution in [3.05, 3.63) is 34.6 Å². The number of aromatic amines is 1. The Morgan fingerprint density at radius 1 is 1.24 bits per heavy atom.